The van der Waals surface area contributed by atoms with Gasteiger partial charge in [-0.2, -0.15) is 0 Å². The van der Waals surface area contributed by atoms with Gasteiger partial charge in [0.25, 0.3) is 0 Å². The summed E-state index contributed by atoms with van der Waals surface area (Å²) in [4.78, 5) is 28.7. The summed E-state index contributed by atoms with van der Waals surface area (Å²) in [7, 11) is 0. The third-order valence-corrected chi connectivity index (χ3v) is 6.85. The zero-order valence-electron chi connectivity index (χ0n) is 20.1. The van der Waals surface area contributed by atoms with Crippen molar-refractivity contribution in [3.63, 3.8) is 0 Å². The van der Waals surface area contributed by atoms with Gasteiger partial charge >= 0.3 is 0 Å². The monoisotopic (exact) mass is 452 g/mol. The average Bonchev–Trinajstić information content (AvgIpc) is 2.85. The van der Waals surface area contributed by atoms with Crippen LogP contribution in [0.1, 0.15) is 67.8 Å². The minimum atomic E-state index is -0.433. The number of nitrogens with two attached hydrogens (primary N) is 1. The molecule has 2 heterocycles. The summed E-state index contributed by atoms with van der Waals surface area (Å²) in [5.74, 6) is -0.382. The van der Waals surface area contributed by atoms with E-state index in [9.17, 15) is 9.59 Å². The topological polar surface area (TPSA) is 78.7 Å². The zero-order chi connectivity index (χ0) is 23.5. The third kappa shape index (κ3) is 8.13. The minimum Gasteiger partial charge on any atom is -0.366 e. The summed E-state index contributed by atoms with van der Waals surface area (Å²) in [5, 5.41) is 3.04. The third-order valence-electron chi connectivity index (χ3n) is 6.85. The first kappa shape index (κ1) is 25.2. The van der Waals surface area contributed by atoms with E-state index < -0.39 is 5.91 Å². The number of piperidine rings is 2. The fourth-order valence-corrected chi connectivity index (χ4v) is 4.87. The van der Waals surface area contributed by atoms with Crippen LogP contribution in [0.15, 0.2) is 42.5 Å². The van der Waals surface area contributed by atoms with Crippen molar-refractivity contribution >= 4 is 17.4 Å². The number of primary amides is 1. The highest BCUT2D eigenvalue weighted by Gasteiger charge is 2.25. The van der Waals surface area contributed by atoms with Crippen LogP contribution in [0.3, 0.4) is 0 Å². The highest BCUT2D eigenvalue weighted by atomic mass is 16.1. The summed E-state index contributed by atoms with van der Waals surface area (Å²) in [6.07, 6.45) is 13.9. The van der Waals surface area contributed by atoms with Crippen LogP contribution in [0, 0.1) is 0 Å². The van der Waals surface area contributed by atoms with Crippen LogP contribution in [0.25, 0.3) is 5.57 Å². The van der Waals surface area contributed by atoms with Crippen LogP contribution in [-0.4, -0.2) is 66.9 Å². The van der Waals surface area contributed by atoms with Crippen molar-refractivity contribution in [2.45, 2.75) is 57.9 Å². The van der Waals surface area contributed by atoms with Crippen LogP contribution in [0.2, 0.25) is 0 Å². The summed E-state index contributed by atoms with van der Waals surface area (Å²) >= 11 is 0. The lowest BCUT2D eigenvalue weighted by atomic mass is 10.00. The molecule has 0 saturated carbocycles. The molecule has 3 rings (SSSR count). The van der Waals surface area contributed by atoms with Gasteiger partial charge in [0, 0.05) is 24.6 Å². The number of carbonyl (C=O) groups excluding carboxylic acids is 2. The van der Waals surface area contributed by atoms with E-state index in [1.807, 2.05) is 37.3 Å². The molecule has 0 atom stereocenters. The molecule has 0 aromatic heterocycles. The molecule has 180 valence electrons. The zero-order valence-corrected chi connectivity index (χ0v) is 20.1. The lowest BCUT2D eigenvalue weighted by molar-refractivity contribution is -0.120. The van der Waals surface area contributed by atoms with Gasteiger partial charge in [-0.1, -0.05) is 36.8 Å². The molecule has 2 fully saturated rings. The molecule has 2 aliphatic heterocycles. The van der Waals surface area contributed by atoms with Gasteiger partial charge in [-0.05, 0) is 95.0 Å². The number of rotatable bonds is 10. The predicted octanol–water partition coefficient (Wildman–Crippen LogP) is 3.59. The van der Waals surface area contributed by atoms with Gasteiger partial charge in [0.2, 0.25) is 11.8 Å². The Morgan fingerprint density at radius 2 is 1.70 bits per heavy atom. The number of nitrogens with zero attached hydrogens (tertiary/aromatic N) is 2. The van der Waals surface area contributed by atoms with Gasteiger partial charge in [-0.25, -0.2) is 0 Å². The van der Waals surface area contributed by atoms with E-state index in [1.54, 1.807) is 12.1 Å². The standard InChI is InChI=1S/C27H40N4O2/c1-2-22(23-10-12-24(13-11-23)27(28)33)8-6-9-26(32)29-16-7-17-30-20-14-25(15-21-30)31-18-4-3-5-19-31/h2,6,8,10-13,25H,3-5,7,9,14-21H2,1H3,(H2,28,33)(H,29,32)/b8-6-,22-2+. The van der Waals surface area contributed by atoms with Crippen LogP contribution >= 0.6 is 0 Å². The Hall–Kier alpha value is -2.44. The van der Waals surface area contributed by atoms with E-state index in [1.165, 1.54) is 58.3 Å². The molecule has 0 bridgehead atoms. The first-order chi connectivity index (χ1) is 16.1. The number of benzene rings is 1. The van der Waals surface area contributed by atoms with Crippen LogP contribution in [0.5, 0.6) is 0 Å². The van der Waals surface area contributed by atoms with Crippen molar-refractivity contribution in [3.8, 4) is 0 Å². The van der Waals surface area contributed by atoms with Crippen molar-refractivity contribution < 1.29 is 9.59 Å². The molecule has 1 aromatic rings. The van der Waals surface area contributed by atoms with Gasteiger partial charge < -0.3 is 20.9 Å². The summed E-state index contributed by atoms with van der Waals surface area (Å²) < 4.78 is 0. The molecule has 1 aromatic carbocycles. The maximum Gasteiger partial charge on any atom is 0.248 e. The summed E-state index contributed by atoms with van der Waals surface area (Å²) in [6.45, 7) is 8.70. The van der Waals surface area contributed by atoms with E-state index >= 15 is 0 Å². The molecule has 33 heavy (non-hydrogen) atoms. The molecular weight excluding hydrogens is 412 g/mol. The fourth-order valence-electron chi connectivity index (χ4n) is 4.87. The molecule has 6 heteroatoms. The Labute approximate surface area is 198 Å². The van der Waals surface area contributed by atoms with Crippen LogP contribution < -0.4 is 11.1 Å². The van der Waals surface area contributed by atoms with E-state index in [0.29, 0.717) is 12.0 Å². The fraction of sp³-hybridized carbons (Fsp3) is 0.556. The second kappa shape index (κ2) is 13.3. The highest BCUT2D eigenvalue weighted by molar-refractivity contribution is 5.93. The average molecular weight is 453 g/mol. The van der Waals surface area contributed by atoms with Crippen molar-refractivity contribution in [2.24, 2.45) is 5.73 Å². The maximum absolute atomic E-state index is 12.2. The van der Waals surface area contributed by atoms with Gasteiger partial charge in [-0.15, -0.1) is 0 Å². The van der Waals surface area contributed by atoms with Crippen molar-refractivity contribution in [2.75, 3.05) is 39.3 Å². The molecule has 3 N–H and O–H groups in total. The number of carbonyl (C=O) groups is 2. The molecular formula is C27H40N4O2. The van der Waals surface area contributed by atoms with Gasteiger partial charge in [0.1, 0.15) is 0 Å². The summed E-state index contributed by atoms with van der Waals surface area (Å²) in [6, 6.07) is 7.97. The maximum atomic E-state index is 12.2. The SMILES string of the molecule is C/C=C(\C=C/CC(=O)NCCCN1CCC(N2CCCCC2)CC1)c1ccc(C(N)=O)cc1. The van der Waals surface area contributed by atoms with E-state index in [-0.39, 0.29) is 5.91 Å². The molecule has 2 saturated heterocycles. The molecule has 2 aliphatic rings. The van der Waals surface area contributed by atoms with Crippen molar-refractivity contribution in [1.29, 1.82) is 0 Å². The van der Waals surface area contributed by atoms with Gasteiger partial charge in [0.05, 0.1) is 0 Å². The lowest BCUT2D eigenvalue weighted by Crippen LogP contribution is -2.47. The molecule has 0 radical (unpaired) electrons. The Morgan fingerprint density at radius 1 is 1.03 bits per heavy atom. The van der Waals surface area contributed by atoms with E-state index in [4.69, 9.17) is 5.73 Å². The predicted molar refractivity (Wildman–Crippen MR) is 135 cm³/mol. The first-order valence-electron chi connectivity index (χ1n) is 12.5. The normalized spacial score (nSPS) is 19.1. The molecule has 0 unspecified atom stereocenters. The lowest BCUT2D eigenvalue weighted by Gasteiger charge is -2.40. The number of amides is 2. The largest absolute Gasteiger partial charge is 0.366 e. The summed E-state index contributed by atoms with van der Waals surface area (Å²) in [5.41, 5.74) is 7.78. The Bertz CT molecular complexity index is 817. The van der Waals surface area contributed by atoms with Gasteiger partial charge in [-0.3, -0.25) is 9.59 Å². The quantitative estimate of drug-likeness (QED) is 0.420. The van der Waals surface area contributed by atoms with Crippen molar-refractivity contribution in [1.82, 2.24) is 15.1 Å². The molecule has 2 amide bonds. The second-order valence-electron chi connectivity index (χ2n) is 9.17. The highest BCUT2D eigenvalue weighted by Crippen LogP contribution is 2.21. The second-order valence-corrected chi connectivity index (χ2v) is 9.17. The number of allylic oxidation sites excluding steroid dienone is 3. The van der Waals surface area contributed by atoms with E-state index in [0.717, 1.165) is 36.7 Å². The molecule has 6 nitrogen and oxygen atoms in total. The van der Waals surface area contributed by atoms with Gasteiger partial charge in [0.15, 0.2) is 0 Å². The van der Waals surface area contributed by atoms with E-state index in [2.05, 4.69) is 15.1 Å². The van der Waals surface area contributed by atoms with Crippen molar-refractivity contribution in [3.05, 3.63) is 53.6 Å². The number of hydrogen-bond donors (Lipinski definition) is 2. The first-order valence-corrected chi connectivity index (χ1v) is 12.5. The molecule has 0 spiro atoms. The minimum absolute atomic E-state index is 0.0505. The van der Waals surface area contributed by atoms with Crippen LogP contribution in [0.4, 0.5) is 0 Å². The number of likely N-dealkylation sites (tertiary alicyclic amines) is 2. The Kier molecular flexibility index (Phi) is 10.2. The Balaban J connectivity index is 1.29. The molecule has 0 aliphatic carbocycles. The smallest absolute Gasteiger partial charge is 0.248 e. The van der Waals surface area contributed by atoms with Crippen LogP contribution in [-0.2, 0) is 4.79 Å². The number of hydrogen-bond acceptors (Lipinski definition) is 4. The Morgan fingerprint density at radius 3 is 2.33 bits per heavy atom. The number of nitrogens with one attached hydrogen (secondary N) is 1.